The van der Waals surface area contributed by atoms with E-state index in [1.807, 2.05) is 0 Å². The monoisotopic (exact) mass is 259 g/mol. The van der Waals surface area contributed by atoms with Gasteiger partial charge in [-0.25, -0.2) is 0 Å². The van der Waals surface area contributed by atoms with Crippen LogP contribution in [0.2, 0.25) is 0 Å². The number of anilines is 1. The molecule has 0 spiro atoms. The van der Waals surface area contributed by atoms with Crippen LogP contribution in [-0.4, -0.2) is 25.0 Å². The van der Waals surface area contributed by atoms with Gasteiger partial charge in [0, 0.05) is 17.3 Å². The zero-order chi connectivity index (χ0) is 13.9. The Hall–Kier alpha value is -1.52. The van der Waals surface area contributed by atoms with Gasteiger partial charge in [-0.15, -0.1) is 0 Å². The second-order valence-electron chi connectivity index (χ2n) is 4.50. The summed E-state index contributed by atoms with van der Waals surface area (Å²) in [4.78, 5) is 11.9. The van der Waals surface area contributed by atoms with E-state index in [1.165, 1.54) is 4.90 Å². The second-order valence-corrected chi connectivity index (χ2v) is 4.50. The van der Waals surface area contributed by atoms with Crippen molar-refractivity contribution in [1.29, 1.82) is 0 Å². The highest BCUT2D eigenvalue weighted by Gasteiger charge is 2.32. The van der Waals surface area contributed by atoms with Crippen LogP contribution in [-0.2, 0) is 0 Å². The van der Waals surface area contributed by atoms with Crippen LogP contribution in [0.3, 0.4) is 0 Å². The van der Waals surface area contributed by atoms with Crippen LogP contribution in [0, 0.1) is 6.92 Å². The Morgan fingerprint density at radius 3 is 2.33 bits per heavy atom. The van der Waals surface area contributed by atoms with Gasteiger partial charge in [0.05, 0.1) is 0 Å². The van der Waals surface area contributed by atoms with Crippen molar-refractivity contribution in [2.24, 2.45) is 0 Å². The highest BCUT2D eigenvalue weighted by molar-refractivity contribution is 5.78. The molecular formula is C13H16F3NO. The Bertz CT molecular complexity index is 427. The summed E-state index contributed by atoms with van der Waals surface area (Å²) in [6.45, 7) is 4.12. The Morgan fingerprint density at radius 2 is 1.94 bits per heavy atom. The first-order chi connectivity index (χ1) is 8.24. The minimum atomic E-state index is -4.25. The molecule has 0 saturated carbocycles. The van der Waals surface area contributed by atoms with Crippen molar-refractivity contribution in [3.05, 3.63) is 29.3 Å². The van der Waals surface area contributed by atoms with Crippen molar-refractivity contribution in [3.8, 4) is 0 Å². The van der Waals surface area contributed by atoms with Gasteiger partial charge in [-0.05, 0) is 44.5 Å². The lowest BCUT2D eigenvalue weighted by atomic mass is 10.1. The van der Waals surface area contributed by atoms with Crippen molar-refractivity contribution < 1.29 is 18.0 Å². The van der Waals surface area contributed by atoms with Crippen LogP contribution >= 0.6 is 0 Å². The van der Waals surface area contributed by atoms with Crippen LogP contribution in [0.1, 0.15) is 29.8 Å². The zero-order valence-electron chi connectivity index (χ0n) is 10.6. The normalized spacial score (nSPS) is 11.7. The van der Waals surface area contributed by atoms with Crippen molar-refractivity contribution in [1.82, 2.24) is 0 Å². The van der Waals surface area contributed by atoms with Crippen molar-refractivity contribution in [2.75, 3.05) is 11.4 Å². The molecule has 2 nitrogen and oxygen atoms in total. The maximum Gasteiger partial charge on any atom is 0.405 e. The van der Waals surface area contributed by atoms with Crippen LogP contribution in [0.4, 0.5) is 18.9 Å². The molecule has 0 unspecified atom stereocenters. The van der Waals surface area contributed by atoms with Gasteiger partial charge in [0.1, 0.15) is 12.8 Å². The predicted molar refractivity (Wildman–Crippen MR) is 65.1 cm³/mol. The van der Waals surface area contributed by atoms with Gasteiger partial charge in [-0.3, -0.25) is 4.79 Å². The first-order valence-corrected chi connectivity index (χ1v) is 5.64. The number of carbonyl (C=O) groups excluding carboxylic acids is 1. The molecule has 0 atom stereocenters. The first-order valence-electron chi connectivity index (χ1n) is 5.64. The number of carbonyl (C=O) groups is 1. The lowest BCUT2D eigenvalue weighted by Gasteiger charge is -2.30. The van der Waals surface area contributed by atoms with E-state index in [2.05, 4.69) is 0 Å². The summed E-state index contributed by atoms with van der Waals surface area (Å²) in [6, 6.07) is 4.43. The van der Waals surface area contributed by atoms with Crippen molar-refractivity contribution in [3.63, 3.8) is 0 Å². The number of hydrogen-bond donors (Lipinski definition) is 0. The summed E-state index contributed by atoms with van der Waals surface area (Å²) in [7, 11) is 0. The Morgan fingerprint density at radius 1 is 1.33 bits per heavy atom. The summed E-state index contributed by atoms with van der Waals surface area (Å²) in [5.74, 6) is 0. The molecule has 0 radical (unpaired) electrons. The van der Waals surface area contributed by atoms with Crippen LogP contribution < -0.4 is 4.90 Å². The van der Waals surface area contributed by atoms with E-state index in [9.17, 15) is 18.0 Å². The van der Waals surface area contributed by atoms with Gasteiger partial charge >= 0.3 is 6.18 Å². The van der Waals surface area contributed by atoms with Crippen molar-refractivity contribution >= 4 is 12.0 Å². The largest absolute Gasteiger partial charge is 0.405 e. The average Bonchev–Trinajstić information content (AvgIpc) is 2.24. The fourth-order valence-corrected chi connectivity index (χ4v) is 1.74. The number of aryl methyl sites for hydroxylation is 1. The quantitative estimate of drug-likeness (QED) is 0.770. The molecule has 0 aliphatic heterocycles. The maximum absolute atomic E-state index is 12.5. The summed E-state index contributed by atoms with van der Waals surface area (Å²) < 4.78 is 37.5. The van der Waals surface area contributed by atoms with Crippen LogP contribution in [0.5, 0.6) is 0 Å². The molecule has 1 aromatic carbocycles. The van der Waals surface area contributed by atoms with Gasteiger partial charge in [0.25, 0.3) is 0 Å². The lowest BCUT2D eigenvalue weighted by Crippen LogP contribution is -2.39. The summed E-state index contributed by atoms with van der Waals surface area (Å²) >= 11 is 0. The van der Waals surface area contributed by atoms with E-state index >= 15 is 0 Å². The molecule has 5 heteroatoms. The number of alkyl halides is 3. The fraction of sp³-hybridized carbons (Fsp3) is 0.462. The molecule has 0 heterocycles. The van der Waals surface area contributed by atoms with E-state index in [0.717, 1.165) is 0 Å². The minimum Gasteiger partial charge on any atom is -0.360 e. The maximum atomic E-state index is 12.5. The average molecular weight is 259 g/mol. The number of benzene rings is 1. The molecule has 0 bridgehead atoms. The molecule has 0 N–H and O–H groups in total. The SMILES string of the molecule is Cc1cc(N(CC(F)(F)F)C(C)C)ccc1C=O. The summed E-state index contributed by atoms with van der Waals surface area (Å²) in [5.41, 5.74) is 1.65. The Kier molecular flexibility index (Phi) is 4.38. The third-order valence-electron chi connectivity index (χ3n) is 2.68. The molecular weight excluding hydrogens is 243 g/mol. The van der Waals surface area contributed by atoms with E-state index in [1.54, 1.807) is 39.0 Å². The van der Waals surface area contributed by atoms with Gasteiger partial charge < -0.3 is 4.90 Å². The van der Waals surface area contributed by atoms with E-state index < -0.39 is 12.7 Å². The first kappa shape index (κ1) is 14.5. The number of hydrogen-bond acceptors (Lipinski definition) is 2. The van der Waals surface area contributed by atoms with Gasteiger partial charge in [0.2, 0.25) is 0 Å². The van der Waals surface area contributed by atoms with Crippen LogP contribution in [0.15, 0.2) is 18.2 Å². The Balaban J connectivity index is 3.07. The third kappa shape index (κ3) is 3.75. The van der Waals surface area contributed by atoms with Gasteiger partial charge in [-0.1, -0.05) is 0 Å². The number of halogens is 3. The third-order valence-corrected chi connectivity index (χ3v) is 2.68. The number of nitrogens with zero attached hydrogens (tertiary/aromatic N) is 1. The van der Waals surface area contributed by atoms with Crippen LogP contribution in [0.25, 0.3) is 0 Å². The van der Waals surface area contributed by atoms with Gasteiger partial charge in [0.15, 0.2) is 0 Å². The molecule has 0 amide bonds. The molecule has 100 valence electrons. The molecule has 0 fully saturated rings. The summed E-state index contributed by atoms with van der Waals surface area (Å²) in [5, 5.41) is 0. The minimum absolute atomic E-state index is 0.270. The highest BCUT2D eigenvalue weighted by Crippen LogP contribution is 2.25. The fourth-order valence-electron chi connectivity index (χ4n) is 1.74. The molecule has 0 aliphatic carbocycles. The highest BCUT2D eigenvalue weighted by atomic mass is 19.4. The zero-order valence-corrected chi connectivity index (χ0v) is 10.6. The smallest absolute Gasteiger partial charge is 0.360 e. The van der Waals surface area contributed by atoms with Crippen molar-refractivity contribution in [2.45, 2.75) is 33.0 Å². The number of aldehydes is 1. The molecule has 0 saturated heterocycles. The van der Waals surface area contributed by atoms with Gasteiger partial charge in [-0.2, -0.15) is 13.2 Å². The Labute approximate surface area is 104 Å². The molecule has 1 aromatic rings. The van der Waals surface area contributed by atoms with E-state index in [0.29, 0.717) is 23.1 Å². The summed E-state index contributed by atoms with van der Waals surface area (Å²) in [6.07, 6.45) is -3.55. The molecule has 0 aromatic heterocycles. The predicted octanol–water partition coefficient (Wildman–Crippen LogP) is 3.58. The van der Waals surface area contributed by atoms with E-state index in [-0.39, 0.29) is 6.04 Å². The second kappa shape index (κ2) is 5.42. The standard InChI is InChI=1S/C13H16F3NO/c1-9(2)17(8-13(14,15)16)12-5-4-11(7-18)10(3)6-12/h4-7,9H,8H2,1-3H3. The molecule has 18 heavy (non-hydrogen) atoms. The molecule has 0 aliphatic rings. The topological polar surface area (TPSA) is 20.3 Å². The van der Waals surface area contributed by atoms with E-state index in [4.69, 9.17) is 0 Å². The number of rotatable bonds is 4. The molecule has 1 rings (SSSR count). The lowest BCUT2D eigenvalue weighted by molar-refractivity contribution is -0.120.